The van der Waals surface area contributed by atoms with E-state index in [2.05, 4.69) is 21.4 Å². The normalized spacial score (nSPS) is 19.7. The molecule has 0 saturated carbocycles. The summed E-state index contributed by atoms with van der Waals surface area (Å²) < 4.78 is 22.9. The molecule has 3 fully saturated rings. The van der Waals surface area contributed by atoms with Crippen molar-refractivity contribution in [3.63, 3.8) is 0 Å². The van der Waals surface area contributed by atoms with E-state index in [1.807, 2.05) is 36.2 Å². The Hall–Kier alpha value is -4.31. The van der Waals surface area contributed by atoms with E-state index in [4.69, 9.17) is 9.72 Å². The molecule has 1 amide bonds. The number of ether oxygens (including phenoxy) is 1. The van der Waals surface area contributed by atoms with Crippen molar-refractivity contribution in [2.75, 3.05) is 44.7 Å². The lowest BCUT2D eigenvalue weighted by Crippen LogP contribution is -2.43. The number of carbonyl (C=O) groups excluding carboxylic acids is 1. The number of nitrogens with zero attached hydrogens (tertiary/aromatic N) is 6. The van der Waals surface area contributed by atoms with Crippen molar-refractivity contribution in [3.05, 3.63) is 61.1 Å². The first-order valence-corrected chi connectivity index (χ1v) is 15.0. The number of hydrogen-bond donors (Lipinski definition) is 1. The number of aromatic nitrogens is 3. The van der Waals surface area contributed by atoms with Crippen LogP contribution in [0.2, 0.25) is 0 Å². The number of fused-ring (bicyclic) bond motifs is 3. The summed E-state index contributed by atoms with van der Waals surface area (Å²) in [5.74, 6) is -0.186. The highest BCUT2D eigenvalue weighted by Gasteiger charge is 2.45. The molecule has 2 aromatic heterocycles. The number of rotatable bonds is 7. The maximum Gasteiger partial charge on any atom is 0.319 e. The van der Waals surface area contributed by atoms with E-state index >= 15 is 4.39 Å². The van der Waals surface area contributed by atoms with Crippen LogP contribution in [0, 0.1) is 5.82 Å². The number of aromatic hydroxyl groups is 1. The summed E-state index contributed by atoms with van der Waals surface area (Å²) in [4.78, 5) is 32.5. The number of phenolic OH excluding ortho intramolecular Hbond substituents is 1. The molecule has 0 spiro atoms. The van der Waals surface area contributed by atoms with Crippen molar-refractivity contribution in [1.29, 1.82) is 0 Å². The maximum absolute atomic E-state index is 16.6. The monoisotopic (exact) mass is 582 g/mol. The van der Waals surface area contributed by atoms with Gasteiger partial charge in [-0.05, 0) is 74.2 Å². The summed E-state index contributed by atoms with van der Waals surface area (Å²) in [5.41, 5.74) is 0.655. The second-order valence-electron chi connectivity index (χ2n) is 12.0. The van der Waals surface area contributed by atoms with E-state index in [9.17, 15) is 9.90 Å². The Labute approximate surface area is 249 Å². The molecule has 222 valence electrons. The molecule has 3 saturated heterocycles. The number of benzene rings is 2. The summed E-state index contributed by atoms with van der Waals surface area (Å²) in [7, 11) is 1.90. The molecule has 1 unspecified atom stereocenters. The van der Waals surface area contributed by atoms with Gasteiger partial charge in [-0.3, -0.25) is 14.7 Å². The van der Waals surface area contributed by atoms with Gasteiger partial charge in [0.15, 0.2) is 5.82 Å². The Kier molecular flexibility index (Phi) is 6.88. The van der Waals surface area contributed by atoms with Crippen LogP contribution in [0.4, 0.5) is 10.2 Å². The van der Waals surface area contributed by atoms with Gasteiger partial charge in [-0.1, -0.05) is 30.8 Å². The molecule has 43 heavy (non-hydrogen) atoms. The largest absolute Gasteiger partial charge is 0.508 e. The molecule has 7 rings (SSSR count). The first kappa shape index (κ1) is 27.5. The first-order chi connectivity index (χ1) is 20.9. The van der Waals surface area contributed by atoms with E-state index in [0.29, 0.717) is 36.5 Å². The number of likely N-dealkylation sites (N-methyl/N-ethyl adjacent to an activating group) is 1. The molecule has 0 bridgehead atoms. The van der Waals surface area contributed by atoms with E-state index in [0.717, 1.165) is 56.0 Å². The number of pyridine rings is 1. The fraction of sp³-hybridized carbons (Fsp3) is 0.394. The highest BCUT2D eigenvalue weighted by atomic mass is 19.1. The van der Waals surface area contributed by atoms with Crippen LogP contribution in [0.5, 0.6) is 11.8 Å². The lowest BCUT2D eigenvalue weighted by atomic mass is 9.95. The van der Waals surface area contributed by atoms with Crippen molar-refractivity contribution in [2.45, 2.75) is 43.7 Å². The molecule has 3 aliphatic rings. The van der Waals surface area contributed by atoms with Crippen molar-refractivity contribution >= 4 is 33.4 Å². The molecule has 1 N–H and O–H groups in total. The minimum absolute atomic E-state index is 0.0240. The van der Waals surface area contributed by atoms with Gasteiger partial charge in [0.05, 0.1) is 10.9 Å². The number of amides is 1. The minimum atomic E-state index is -0.605. The summed E-state index contributed by atoms with van der Waals surface area (Å²) >= 11 is 0. The topological polar surface area (TPSA) is 94.9 Å². The number of halogens is 1. The average Bonchev–Trinajstić information content (AvgIpc) is 3.76. The predicted molar refractivity (Wildman–Crippen MR) is 164 cm³/mol. The highest BCUT2D eigenvalue weighted by molar-refractivity contribution is 6.00. The van der Waals surface area contributed by atoms with Gasteiger partial charge in [0.2, 0.25) is 5.91 Å². The first-order valence-electron chi connectivity index (χ1n) is 15.0. The lowest BCUT2D eigenvalue weighted by molar-refractivity contribution is -0.125. The van der Waals surface area contributed by atoms with Crippen molar-refractivity contribution in [1.82, 2.24) is 24.8 Å². The summed E-state index contributed by atoms with van der Waals surface area (Å²) in [5, 5.41) is 12.5. The standard InChI is InChI=1S/C33H35FN6O3/c1-3-27(42)39-15-10-22(19-39)38(2)31-26-18-35-29(25-17-23(41)16-21-8-4-5-9-24(21)25)28(34)30(26)36-32(37-31)43-20-33-11-6-13-40(33)14-7-12-33/h3-5,8-9,16-18,22,41H,1,6-7,10-15,19-20H2,2H3. The van der Waals surface area contributed by atoms with Crippen LogP contribution < -0.4 is 9.64 Å². The number of hydrogen-bond acceptors (Lipinski definition) is 8. The number of anilines is 1. The van der Waals surface area contributed by atoms with Crippen LogP contribution in [0.25, 0.3) is 32.9 Å². The van der Waals surface area contributed by atoms with Gasteiger partial charge in [0.25, 0.3) is 0 Å². The maximum atomic E-state index is 16.6. The van der Waals surface area contributed by atoms with Crippen LogP contribution in [0.1, 0.15) is 32.1 Å². The Balaban J connectivity index is 1.32. The Morgan fingerprint density at radius 3 is 2.77 bits per heavy atom. The average molecular weight is 583 g/mol. The summed E-state index contributed by atoms with van der Waals surface area (Å²) in [6.07, 6.45) is 8.07. The number of carbonyl (C=O) groups is 1. The van der Waals surface area contributed by atoms with Gasteiger partial charge in [0, 0.05) is 37.9 Å². The fourth-order valence-corrected chi connectivity index (χ4v) is 7.25. The third-order valence-corrected chi connectivity index (χ3v) is 9.56. The highest BCUT2D eigenvalue weighted by Crippen LogP contribution is 2.40. The van der Waals surface area contributed by atoms with E-state index in [-0.39, 0.29) is 40.5 Å². The number of phenols is 1. The molecule has 10 heteroatoms. The van der Waals surface area contributed by atoms with Gasteiger partial charge in [-0.25, -0.2) is 4.39 Å². The molecule has 1 atom stereocenters. The van der Waals surface area contributed by atoms with Crippen LogP contribution in [0.3, 0.4) is 0 Å². The quantitative estimate of drug-likeness (QED) is 0.307. The smallest absolute Gasteiger partial charge is 0.319 e. The zero-order valence-electron chi connectivity index (χ0n) is 24.3. The Bertz CT molecular complexity index is 1740. The summed E-state index contributed by atoms with van der Waals surface area (Å²) in [6, 6.07) is 10.8. The molecular formula is C33H35FN6O3. The van der Waals surface area contributed by atoms with Crippen LogP contribution in [-0.2, 0) is 4.79 Å². The minimum Gasteiger partial charge on any atom is -0.508 e. The second-order valence-corrected chi connectivity index (χ2v) is 12.0. The molecule has 9 nitrogen and oxygen atoms in total. The Morgan fingerprint density at radius 2 is 1.98 bits per heavy atom. The molecule has 2 aromatic carbocycles. The molecule has 5 heterocycles. The van der Waals surface area contributed by atoms with Crippen LogP contribution >= 0.6 is 0 Å². The van der Waals surface area contributed by atoms with Crippen LogP contribution in [-0.4, -0.2) is 87.2 Å². The molecule has 4 aromatic rings. The third-order valence-electron chi connectivity index (χ3n) is 9.56. The third kappa shape index (κ3) is 4.74. The van der Waals surface area contributed by atoms with E-state index in [1.54, 1.807) is 17.2 Å². The van der Waals surface area contributed by atoms with Crippen molar-refractivity contribution in [3.8, 4) is 23.0 Å². The fourth-order valence-electron chi connectivity index (χ4n) is 7.25. The summed E-state index contributed by atoms with van der Waals surface area (Å²) in [6.45, 7) is 7.31. The SMILES string of the molecule is C=CC(=O)N1CCC(N(C)c2nc(OCC34CCCN3CCC4)nc3c(F)c(-c4cc(O)cc5ccccc45)ncc23)C1. The van der Waals surface area contributed by atoms with Gasteiger partial charge >= 0.3 is 6.01 Å². The zero-order valence-corrected chi connectivity index (χ0v) is 24.3. The van der Waals surface area contributed by atoms with Crippen LogP contribution in [0.15, 0.2) is 55.3 Å². The van der Waals surface area contributed by atoms with Crippen molar-refractivity contribution in [2.24, 2.45) is 0 Å². The number of likely N-dealkylation sites (tertiary alicyclic amines) is 1. The van der Waals surface area contributed by atoms with Gasteiger partial charge in [-0.2, -0.15) is 9.97 Å². The molecule has 0 radical (unpaired) electrons. The zero-order chi connectivity index (χ0) is 29.7. The van der Waals surface area contributed by atoms with E-state index < -0.39 is 5.82 Å². The van der Waals surface area contributed by atoms with Gasteiger partial charge < -0.3 is 19.6 Å². The van der Waals surface area contributed by atoms with Crippen molar-refractivity contribution < 1.29 is 19.0 Å². The molecular weight excluding hydrogens is 547 g/mol. The molecule has 0 aliphatic carbocycles. The van der Waals surface area contributed by atoms with Gasteiger partial charge in [0.1, 0.15) is 29.4 Å². The van der Waals surface area contributed by atoms with Gasteiger partial charge in [-0.15, -0.1) is 0 Å². The lowest BCUT2D eigenvalue weighted by Gasteiger charge is -2.31. The Morgan fingerprint density at radius 1 is 1.19 bits per heavy atom. The predicted octanol–water partition coefficient (Wildman–Crippen LogP) is 4.92. The second kappa shape index (κ2) is 10.8. The molecule has 3 aliphatic heterocycles. The van der Waals surface area contributed by atoms with E-state index in [1.165, 1.54) is 12.1 Å².